The van der Waals surface area contributed by atoms with Crippen molar-refractivity contribution >= 4 is 11.9 Å². The summed E-state index contributed by atoms with van der Waals surface area (Å²) < 4.78 is 17.9. The summed E-state index contributed by atoms with van der Waals surface area (Å²) in [7, 11) is 0. The molecule has 1 saturated heterocycles. The van der Waals surface area contributed by atoms with Crippen LogP contribution in [-0.4, -0.2) is 40.3 Å². The summed E-state index contributed by atoms with van der Waals surface area (Å²) in [4.78, 5) is 50.6. The van der Waals surface area contributed by atoms with Crippen molar-refractivity contribution in [3.63, 3.8) is 0 Å². The molecule has 1 fully saturated rings. The quantitative estimate of drug-likeness (QED) is 0.577. The fourth-order valence-electron chi connectivity index (χ4n) is 2.64. The van der Waals surface area contributed by atoms with E-state index in [1.165, 1.54) is 6.20 Å². The SMILES string of the molecule is C#Cc1cn([C@H]2C[C@H](OC(=O)C(C)(C)C)[C@@H](COC(=O)C(C)(C)C)O2)c(=O)[nH]c1=O. The molecule has 0 saturated carbocycles. The molecule has 30 heavy (non-hydrogen) atoms. The van der Waals surface area contributed by atoms with Gasteiger partial charge in [0.1, 0.15) is 30.6 Å². The largest absolute Gasteiger partial charge is 0.462 e. The molecular formula is C21H28N2O7. The number of aromatic nitrogens is 2. The Morgan fingerprint density at radius 2 is 1.80 bits per heavy atom. The predicted molar refractivity (Wildman–Crippen MR) is 108 cm³/mol. The number of H-pyrrole nitrogens is 1. The van der Waals surface area contributed by atoms with E-state index in [1.54, 1.807) is 41.5 Å². The van der Waals surface area contributed by atoms with Gasteiger partial charge in [0.15, 0.2) is 0 Å². The molecule has 2 rings (SSSR count). The standard InChI is InChI=1S/C21H28N2O7/c1-8-12-10-23(19(27)22-16(12)24)15-9-13(30-18(26)21(5,6)7)14(29-15)11-28-17(25)20(2,3)4/h1,10,13-15H,9,11H2,2-7H3,(H,22,24,27)/t13-,14+,15+/m0/s1. The summed E-state index contributed by atoms with van der Waals surface area (Å²) in [5, 5.41) is 0. The van der Waals surface area contributed by atoms with Gasteiger partial charge in [-0.2, -0.15) is 0 Å². The number of esters is 2. The molecule has 164 valence electrons. The van der Waals surface area contributed by atoms with E-state index in [4.69, 9.17) is 20.6 Å². The molecule has 0 radical (unpaired) electrons. The molecule has 9 heteroatoms. The van der Waals surface area contributed by atoms with Gasteiger partial charge in [-0.3, -0.25) is 23.9 Å². The van der Waals surface area contributed by atoms with E-state index in [0.29, 0.717) is 0 Å². The highest BCUT2D eigenvalue weighted by Crippen LogP contribution is 2.32. The molecule has 2 heterocycles. The van der Waals surface area contributed by atoms with Crippen molar-refractivity contribution in [2.75, 3.05) is 6.61 Å². The molecule has 0 amide bonds. The van der Waals surface area contributed by atoms with Gasteiger partial charge in [-0.15, -0.1) is 6.42 Å². The third kappa shape index (κ3) is 5.39. The van der Waals surface area contributed by atoms with Crippen molar-refractivity contribution in [2.45, 2.75) is 66.4 Å². The average Bonchev–Trinajstić information content (AvgIpc) is 3.00. The van der Waals surface area contributed by atoms with Gasteiger partial charge in [-0.05, 0) is 41.5 Å². The molecule has 0 aliphatic carbocycles. The fourth-order valence-corrected chi connectivity index (χ4v) is 2.64. The van der Waals surface area contributed by atoms with Crippen LogP contribution in [0.2, 0.25) is 0 Å². The topological polar surface area (TPSA) is 117 Å². The predicted octanol–water partition coefficient (Wildman–Crippen LogP) is 1.35. The lowest BCUT2D eigenvalue weighted by Gasteiger charge is -2.24. The summed E-state index contributed by atoms with van der Waals surface area (Å²) in [6, 6.07) is 0. The first-order chi connectivity index (χ1) is 13.7. The Morgan fingerprint density at radius 1 is 1.20 bits per heavy atom. The van der Waals surface area contributed by atoms with Crippen molar-refractivity contribution in [3.8, 4) is 12.3 Å². The highest BCUT2D eigenvalue weighted by molar-refractivity contribution is 5.76. The normalized spacial score (nSPS) is 21.7. The van der Waals surface area contributed by atoms with Crippen molar-refractivity contribution in [1.82, 2.24) is 9.55 Å². The molecular weight excluding hydrogens is 392 g/mol. The van der Waals surface area contributed by atoms with E-state index < -0.39 is 52.5 Å². The van der Waals surface area contributed by atoms with Crippen LogP contribution in [0.1, 0.15) is 59.8 Å². The molecule has 1 aliphatic heterocycles. The van der Waals surface area contributed by atoms with Gasteiger partial charge in [0.05, 0.1) is 10.8 Å². The first-order valence-electron chi connectivity index (χ1n) is 9.60. The Morgan fingerprint density at radius 3 is 2.33 bits per heavy atom. The third-order valence-corrected chi connectivity index (χ3v) is 4.48. The van der Waals surface area contributed by atoms with Crippen LogP contribution in [0.4, 0.5) is 0 Å². The highest BCUT2D eigenvalue weighted by atomic mass is 16.6. The van der Waals surface area contributed by atoms with Crippen molar-refractivity contribution in [1.29, 1.82) is 0 Å². The number of hydrogen-bond acceptors (Lipinski definition) is 7. The van der Waals surface area contributed by atoms with E-state index in [1.807, 2.05) is 0 Å². The second-order valence-electron chi connectivity index (χ2n) is 9.26. The summed E-state index contributed by atoms with van der Waals surface area (Å²) in [5.74, 6) is 1.31. The van der Waals surface area contributed by atoms with Crippen molar-refractivity contribution in [3.05, 3.63) is 32.6 Å². The maximum Gasteiger partial charge on any atom is 0.330 e. The van der Waals surface area contributed by atoms with Gasteiger partial charge in [-0.25, -0.2) is 4.79 Å². The van der Waals surface area contributed by atoms with E-state index in [-0.39, 0.29) is 18.6 Å². The number of rotatable bonds is 4. The number of hydrogen-bond donors (Lipinski definition) is 1. The van der Waals surface area contributed by atoms with Crippen LogP contribution in [0.3, 0.4) is 0 Å². The van der Waals surface area contributed by atoms with Crippen LogP contribution in [0.15, 0.2) is 15.8 Å². The zero-order valence-corrected chi connectivity index (χ0v) is 18.1. The second-order valence-corrected chi connectivity index (χ2v) is 9.26. The Labute approximate surface area is 174 Å². The number of nitrogens with one attached hydrogen (secondary N) is 1. The first-order valence-corrected chi connectivity index (χ1v) is 9.60. The van der Waals surface area contributed by atoms with Gasteiger partial charge in [0.25, 0.3) is 5.56 Å². The lowest BCUT2D eigenvalue weighted by atomic mass is 9.97. The Balaban J connectivity index is 2.29. The maximum atomic E-state index is 12.4. The van der Waals surface area contributed by atoms with Gasteiger partial charge in [0.2, 0.25) is 0 Å². The highest BCUT2D eigenvalue weighted by Gasteiger charge is 2.42. The number of nitrogens with zero attached hydrogens (tertiary/aromatic N) is 1. The number of carbonyl (C=O) groups excluding carboxylic acids is 2. The monoisotopic (exact) mass is 420 g/mol. The van der Waals surface area contributed by atoms with Crippen LogP contribution in [-0.2, 0) is 23.8 Å². The minimum atomic E-state index is -0.863. The van der Waals surface area contributed by atoms with Crippen LogP contribution >= 0.6 is 0 Å². The molecule has 1 aromatic heterocycles. The van der Waals surface area contributed by atoms with Crippen molar-refractivity contribution in [2.24, 2.45) is 10.8 Å². The number of carbonyl (C=O) groups is 2. The van der Waals surface area contributed by atoms with Gasteiger partial charge < -0.3 is 14.2 Å². The number of terminal acetylenes is 1. The molecule has 0 bridgehead atoms. The van der Waals surface area contributed by atoms with Crippen LogP contribution in [0, 0.1) is 23.2 Å². The Bertz CT molecular complexity index is 969. The van der Waals surface area contributed by atoms with Crippen LogP contribution in [0.25, 0.3) is 0 Å². The van der Waals surface area contributed by atoms with Gasteiger partial charge >= 0.3 is 17.6 Å². The molecule has 1 aromatic rings. The van der Waals surface area contributed by atoms with Crippen molar-refractivity contribution < 1.29 is 23.8 Å². The van der Waals surface area contributed by atoms with Crippen LogP contribution in [0.5, 0.6) is 0 Å². The number of aromatic amines is 1. The average molecular weight is 420 g/mol. The smallest absolute Gasteiger partial charge is 0.330 e. The van der Waals surface area contributed by atoms with E-state index in [2.05, 4.69) is 10.9 Å². The fraction of sp³-hybridized carbons (Fsp3) is 0.619. The minimum absolute atomic E-state index is 0.0379. The minimum Gasteiger partial charge on any atom is -0.462 e. The van der Waals surface area contributed by atoms with Gasteiger partial charge in [-0.1, -0.05) is 5.92 Å². The summed E-state index contributed by atoms with van der Waals surface area (Å²) in [5.41, 5.74) is -2.90. The zero-order valence-electron chi connectivity index (χ0n) is 18.1. The first kappa shape index (κ1) is 23.4. The number of ether oxygens (including phenoxy) is 3. The lowest BCUT2D eigenvalue weighted by Crippen LogP contribution is -2.36. The third-order valence-electron chi connectivity index (χ3n) is 4.48. The molecule has 0 unspecified atom stereocenters. The molecule has 3 atom stereocenters. The molecule has 0 aromatic carbocycles. The van der Waals surface area contributed by atoms with Gasteiger partial charge in [0, 0.05) is 12.6 Å². The summed E-state index contributed by atoms with van der Waals surface area (Å²) in [6.45, 7) is 10.1. The molecule has 0 spiro atoms. The van der Waals surface area contributed by atoms with E-state index in [9.17, 15) is 19.2 Å². The molecule has 9 nitrogen and oxygen atoms in total. The lowest BCUT2D eigenvalue weighted by molar-refractivity contribution is -0.167. The second kappa shape index (κ2) is 8.48. The molecule has 1 N–H and O–H groups in total. The zero-order chi connectivity index (χ0) is 22.9. The summed E-state index contributed by atoms with van der Waals surface area (Å²) in [6.07, 6.45) is 4.23. The Kier molecular flexibility index (Phi) is 6.62. The van der Waals surface area contributed by atoms with E-state index in [0.717, 1.165) is 4.57 Å². The Hall–Kier alpha value is -2.86. The van der Waals surface area contributed by atoms with Crippen LogP contribution < -0.4 is 11.2 Å². The van der Waals surface area contributed by atoms with E-state index >= 15 is 0 Å². The molecule has 1 aliphatic rings. The maximum absolute atomic E-state index is 12.4. The summed E-state index contributed by atoms with van der Waals surface area (Å²) >= 11 is 0.